The molecule has 0 aliphatic heterocycles. The van der Waals surface area contributed by atoms with Crippen molar-refractivity contribution in [2.45, 2.75) is 51.1 Å². The van der Waals surface area contributed by atoms with E-state index in [0.29, 0.717) is 22.5 Å². The quantitative estimate of drug-likeness (QED) is 0.887. The Hall–Kier alpha value is -0.770. The molecule has 1 amide bonds. The summed E-state index contributed by atoms with van der Waals surface area (Å²) in [7, 11) is 0. The second-order valence-corrected chi connectivity index (χ2v) is 6.80. The molecule has 0 aromatic heterocycles. The average Bonchev–Trinajstić information content (AvgIpc) is 2.44. The second kappa shape index (κ2) is 7.48. The molecule has 1 aromatic rings. The summed E-state index contributed by atoms with van der Waals surface area (Å²) in [6.07, 6.45) is 4.54. The van der Waals surface area contributed by atoms with Crippen molar-refractivity contribution in [2.75, 3.05) is 0 Å². The van der Waals surface area contributed by atoms with E-state index in [1.165, 1.54) is 0 Å². The first-order valence-electron chi connectivity index (χ1n) is 7.45. The van der Waals surface area contributed by atoms with Crippen LogP contribution in [0.4, 0.5) is 0 Å². The van der Waals surface area contributed by atoms with E-state index in [-0.39, 0.29) is 17.9 Å². The Balaban J connectivity index is 1.87. The Kier molecular flexibility index (Phi) is 5.91. The largest absolute Gasteiger partial charge is 0.353 e. The molecule has 5 heteroatoms. The molecule has 1 aliphatic carbocycles. The maximum Gasteiger partial charge on any atom is 0.223 e. The molecule has 21 heavy (non-hydrogen) atoms. The molecule has 0 spiro atoms. The summed E-state index contributed by atoms with van der Waals surface area (Å²) < 4.78 is 0. The zero-order valence-corrected chi connectivity index (χ0v) is 13.8. The lowest BCUT2D eigenvalue weighted by molar-refractivity contribution is -0.125. The molecular formula is C16H22Cl2N2O. The van der Waals surface area contributed by atoms with E-state index < -0.39 is 0 Å². The molecule has 1 atom stereocenters. The Bertz CT molecular complexity index is 499. The van der Waals surface area contributed by atoms with Crippen LogP contribution in [0.3, 0.4) is 0 Å². The highest BCUT2D eigenvalue weighted by molar-refractivity contribution is 6.35. The van der Waals surface area contributed by atoms with Gasteiger partial charge in [0, 0.05) is 28.0 Å². The highest BCUT2D eigenvalue weighted by atomic mass is 35.5. The first-order valence-corrected chi connectivity index (χ1v) is 8.21. The van der Waals surface area contributed by atoms with Crippen molar-refractivity contribution in [3.05, 3.63) is 33.8 Å². The lowest BCUT2D eigenvalue weighted by Gasteiger charge is -2.28. The number of halogens is 2. The number of nitrogens with two attached hydrogens (primary N) is 1. The third-order valence-corrected chi connectivity index (χ3v) is 4.69. The maximum absolute atomic E-state index is 12.3. The van der Waals surface area contributed by atoms with Crippen LogP contribution >= 0.6 is 23.2 Å². The first kappa shape index (κ1) is 16.6. The van der Waals surface area contributed by atoms with Crippen LogP contribution in [0.15, 0.2) is 18.2 Å². The minimum absolute atomic E-state index is 0.0847. The van der Waals surface area contributed by atoms with Gasteiger partial charge in [-0.2, -0.15) is 0 Å². The second-order valence-electron chi connectivity index (χ2n) is 5.96. The van der Waals surface area contributed by atoms with Crippen LogP contribution in [0.2, 0.25) is 10.0 Å². The lowest BCUT2D eigenvalue weighted by atomic mass is 9.91. The zero-order chi connectivity index (χ0) is 15.4. The lowest BCUT2D eigenvalue weighted by Crippen LogP contribution is -2.42. The van der Waals surface area contributed by atoms with Crippen LogP contribution < -0.4 is 11.1 Å². The van der Waals surface area contributed by atoms with Crippen LogP contribution in [-0.2, 0) is 11.2 Å². The van der Waals surface area contributed by atoms with Crippen LogP contribution in [0.1, 0.15) is 38.2 Å². The van der Waals surface area contributed by atoms with Crippen LogP contribution in [-0.4, -0.2) is 18.0 Å². The topological polar surface area (TPSA) is 55.1 Å². The number of hydrogen-bond donors (Lipinski definition) is 2. The number of benzene rings is 1. The van der Waals surface area contributed by atoms with Crippen molar-refractivity contribution in [2.24, 2.45) is 11.7 Å². The van der Waals surface area contributed by atoms with E-state index in [0.717, 1.165) is 31.2 Å². The summed E-state index contributed by atoms with van der Waals surface area (Å²) in [6, 6.07) is 5.96. The fraction of sp³-hybridized carbons (Fsp3) is 0.562. The number of amides is 1. The highest BCUT2D eigenvalue weighted by Crippen LogP contribution is 2.24. The van der Waals surface area contributed by atoms with Gasteiger partial charge in [-0.3, -0.25) is 4.79 Å². The van der Waals surface area contributed by atoms with Gasteiger partial charge in [0.05, 0.1) is 0 Å². The van der Waals surface area contributed by atoms with Crippen LogP contribution in [0.25, 0.3) is 0 Å². The summed E-state index contributed by atoms with van der Waals surface area (Å²) >= 11 is 12.0. The van der Waals surface area contributed by atoms with Gasteiger partial charge in [-0.15, -0.1) is 0 Å². The molecule has 1 fully saturated rings. The van der Waals surface area contributed by atoms with Crippen molar-refractivity contribution in [3.8, 4) is 0 Å². The normalized spacial score (nSPS) is 23.6. The average molecular weight is 329 g/mol. The summed E-state index contributed by atoms with van der Waals surface area (Å²) in [5.74, 6) is -0.0271. The van der Waals surface area contributed by atoms with Crippen molar-refractivity contribution < 1.29 is 4.79 Å². The third-order valence-electron chi connectivity index (χ3n) is 4.11. The number of rotatable bonds is 4. The van der Waals surface area contributed by atoms with Crippen molar-refractivity contribution >= 4 is 29.1 Å². The predicted molar refractivity (Wildman–Crippen MR) is 87.7 cm³/mol. The molecule has 1 unspecified atom stereocenters. The molecular weight excluding hydrogens is 307 g/mol. The smallest absolute Gasteiger partial charge is 0.223 e. The van der Waals surface area contributed by atoms with Crippen molar-refractivity contribution in [1.29, 1.82) is 0 Å². The van der Waals surface area contributed by atoms with E-state index in [1.54, 1.807) is 12.1 Å². The third kappa shape index (κ3) is 4.87. The minimum atomic E-state index is -0.112. The number of nitrogens with one attached hydrogen (secondary N) is 1. The SMILES string of the molecule is CC(Cc1ccc(Cl)cc1Cl)C(=O)NC1CCC(N)CC1. The number of carbonyl (C=O) groups is 1. The van der Waals surface area contributed by atoms with E-state index in [2.05, 4.69) is 5.32 Å². The Morgan fingerprint density at radius 1 is 1.33 bits per heavy atom. The van der Waals surface area contributed by atoms with Gasteiger partial charge in [-0.1, -0.05) is 36.2 Å². The van der Waals surface area contributed by atoms with Gasteiger partial charge in [-0.25, -0.2) is 0 Å². The number of carbonyl (C=O) groups excluding carboxylic acids is 1. The molecule has 0 heterocycles. The molecule has 116 valence electrons. The fourth-order valence-electron chi connectivity index (χ4n) is 2.72. The van der Waals surface area contributed by atoms with Crippen molar-refractivity contribution in [1.82, 2.24) is 5.32 Å². The molecule has 1 saturated carbocycles. The van der Waals surface area contributed by atoms with E-state index in [1.807, 2.05) is 13.0 Å². The summed E-state index contributed by atoms with van der Waals surface area (Å²) in [6.45, 7) is 1.93. The Labute approximate surface area is 136 Å². The Morgan fingerprint density at radius 3 is 2.62 bits per heavy atom. The maximum atomic E-state index is 12.3. The minimum Gasteiger partial charge on any atom is -0.353 e. The van der Waals surface area contributed by atoms with Crippen LogP contribution in [0.5, 0.6) is 0 Å². The molecule has 0 bridgehead atoms. The van der Waals surface area contributed by atoms with E-state index >= 15 is 0 Å². The van der Waals surface area contributed by atoms with Gasteiger partial charge < -0.3 is 11.1 Å². The molecule has 3 N–H and O–H groups in total. The summed E-state index contributed by atoms with van der Waals surface area (Å²) in [5.41, 5.74) is 6.83. The monoisotopic (exact) mass is 328 g/mol. The summed E-state index contributed by atoms with van der Waals surface area (Å²) in [5, 5.41) is 4.35. The van der Waals surface area contributed by atoms with E-state index in [9.17, 15) is 4.79 Å². The fourth-order valence-corrected chi connectivity index (χ4v) is 3.20. The van der Waals surface area contributed by atoms with Gasteiger partial charge in [0.25, 0.3) is 0 Å². The number of hydrogen-bond acceptors (Lipinski definition) is 2. The van der Waals surface area contributed by atoms with Gasteiger partial charge in [-0.05, 0) is 49.8 Å². The highest BCUT2D eigenvalue weighted by Gasteiger charge is 2.22. The predicted octanol–water partition coefficient (Wildman–Crippen LogP) is 3.56. The molecule has 2 rings (SSSR count). The standard InChI is InChI=1S/C16H22Cl2N2O/c1-10(8-11-2-3-12(17)9-15(11)18)16(21)20-14-6-4-13(19)5-7-14/h2-3,9-10,13-14H,4-8,19H2,1H3,(H,20,21). The molecule has 0 saturated heterocycles. The van der Waals surface area contributed by atoms with Gasteiger partial charge >= 0.3 is 0 Å². The molecule has 3 nitrogen and oxygen atoms in total. The molecule has 1 aliphatic rings. The molecule has 0 radical (unpaired) electrons. The van der Waals surface area contributed by atoms with Gasteiger partial charge in [0.15, 0.2) is 0 Å². The Morgan fingerprint density at radius 2 is 2.00 bits per heavy atom. The van der Waals surface area contributed by atoms with Crippen molar-refractivity contribution in [3.63, 3.8) is 0 Å². The van der Waals surface area contributed by atoms with Gasteiger partial charge in [0.1, 0.15) is 0 Å². The van der Waals surface area contributed by atoms with Crippen LogP contribution in [0, 0.1) is 5.92 Å². The van der Waals surface area contributed by atoms with Gasteiger partial charge in [0.2, 0.25) is 5.91 Å². The molecule has 1 aromatic carbocycles. The zero-order valence-electron chi connectivity index (χ0n) is 12.2. The van der Waals surface area contributed by atoms with E-state index in [4.69, 9.17) is 28.9 Å². The first-order chi connectivity index (χ1) is 9.95. The summed E-state index contributed by atoms with van der Waals surface area (Å²) in [4.78, 5) is 12.3.